The van der Waals surface area contributed by atoms with Crippen molar-refractivity contribution < 1.29 is 4.79 Å². The first-order valence-electron chi connectivity index (χ1n) is 7.64. The standard InChI is InChI=1S/C17H20ClN3O.2ClH/c1-10(19-2)9-20-17(22)14-8-16(11-3-4-11)21-15-6-5-12(18)7-13(14)15;;/h5-8,10-11,19H,3-4,9H2,1-2H3,(H,20,22);2*1H. The average Bonchev–Trinajstić information content (AvgIpc) is 3.36. The van der Waals surface area contributed by atoms with Gasteiger partial charge < -0.3 is 10.6 Å². The normalized spacial score (nSPS) is 14.5. The van der Waals surface area contributed by atoms with Crippen LogP contribution in [0, 0.1) is 0 Å². The van der Waals surface area contributed by atoms with Crippen LogP contribution in [-0.2, 0) is 0 Å². The van der Waals surface area contributed by atoms with Gasteiger partial charge in [-0.3, -0.25) is 9.78 Å². The van der Waals surface area contributed by atoms with E-state index in [0.29, 0.717) is 23.0 Å². The first-order chi connectivity index (χ1) is 10.6. The van der Waals surface area contributed by atoms with Crippen LogP contribution in [0.4, 0.5) is 0 Å². The van der Waals surface area contributed by atoms with Crippen molar-refractivity contribution in [2.75, 3.05) is 13.6 Å². The minimum Gasteiger partial charge on any atom is -0.350 e. The number of nitrogens with zero attached hydrogens (tertiary/aromatic N) is 1. The lowest BCUT2D eigenvalue weighted by atomic mass is 10.1. The summed E-state index contributed by atoms with van der Waals surface area (Å²) in [5.41, 5.74) is 2.51. The number of halogens is 3. The number of carbonyl (C=O) groups is 1. The number of hydrogen-bond donors (Lipinski definition) is 2. The van der Waals surface area contributed by atoms with Gasteiger partial charge >= 0.3 is 0 Å². The molecule has 132 valence electrons. The number of nitrogens with one attached hydrogen (secondary N) is 2. The summed E-state index contributed by atoms with van der Waals surface area (Å²) in [7, 11) is 1.88. The van der Waals surface area contributed by atoms with Gasteiger partial charge in [-0.2, -0.15) is 0 Å². The van der Waals surface area contributed by atoms with Crippen molar-refractivity contribution in [1.82, 2.24) is 15.6 Å². The Labute approximate surface area is 159 Å². The molecule has 1 aliphatic carbocycles. The molecular formula is C17H22Cl3N3O. The van der Waals surface area contributed by atoms with Gasteiger partial charge in [0.05, 0.1) is 11.1 Å². The highest BCUT2D eigenvalue weighted by Gasteiger charge is 2.27. The Kier molecular flexibility index (Phi) is 7.74. The quantitative estimate of drug-likeness (QED) is 0.813. The van der Waals surface area contributed by atoms with Crippen LogP contribution in [0.2, 0.25) is 5.02 Å². The second kappa shape index (κ2) is 8.86. The fraction of sp³-hybridized carbons (Fsp3) is 0.412. The third kappa shape index (κ3) is 4.73. The van der Waals surface area contributed by atoms with Gasteiger partial charge in [-0.1, -0.05) is 11.6 Å². The lowest BCUT2D eigenvalue weighted by Gasteiger charge is -2.13. The predicted octanol–water partition coefficient (Wildman–Crippen LogP) is 3.95. The van der Waals surface area contributed by atoms with Crippen LogP contribution in [-0.4, -0.2) is 30.5 Å². The molecule has 2 aromatic rings. The van der Waals surface area contributed by atoms with Crippen molar-refractivity contribution in [3.63, 3.8) is 0 Å². The first-order valence-corrected chi connectivity index (χ1v) is 8.02. The number of likely N-dealkylation sites (N-methyl/N-ethyl adjacent to an activating group) is 1. The van der Waals surface area contributed by atoms with E-state index in [0.717, 1.165) is 29.4 Å². The van der Waals surface area contributed by atoms with Crippen LogP contribution in [0.15, 0.2) is 24.3 Å². The van der Waals surface area contributed by atoms with Crippen molar-refractivity contribution in [2.24, 2.45) is 0 Å². The van der Waals surface area contributed by atoms with E-state index < -0.39 is 0 Å². The fourth-order valence-corrected chi connectivity index (χ4v) is 2.61. The Bertz CT molecular complexity index is 720. The summed E-state index contributed by atoms with van der Waals surface area (Å²) in [4.78, 5) is 17.3. The highest BCUT2D eigenvalue weighted by molar-refractivity contribution is 6.31. The number of amides is 1. The largest absolute Gasteiger partial charge is 0.350 e. The molecule has 1 amide bonds. The van der Waals surface area contributed by atoms with Gasteiger partial charge in [0.2, 0.25) is 0 Å². The molecule has 1 aromatic heterocycles. The molecule has 0 aliphatic heterocycles. The molecule has 24 heavy (non-hydrogen) atoms. The van der Waals surface area contributed by atoms with Gasteiger partial charge in [-0.25, -0.2) is 0 Å². The van der Waals surface area contributed by atoms with Crippen LogP contribution < -0.4 is 10.6 Å². The summed E-state index contributed by atoms with van der Waals surface area (Å²) in [5, 5.41) is 7.51. The highest BCUT2D eigenvalue weighted by Crippen LogP contribution is 2.40. The topological polar surface area (TPSA) is 54.0 Å². The zero-order valence-electron chi connectivity index (χ0n) is 13.6. The van der Waals surface area contributed by atoms with E-state index in [2.05, 4.69) is 15.6 Å². The SMILES string of the molecule is CNC(C)CNC(=O)c1cc(C2CC2)nc2ccc(Cl)cc12.Cl.Cl. The van der Waals surface area contributed by atoms with Gasteiger partial charge in [-0.05, 0) is 51.1 Å². The number of benzene rings is 1. The number of fused-ring (bicyclic) bond motifs is 1. The molecule has 1 aliphatic rings. The van der Waals surface area contributed by atoms with E-state index in [9.17, 15) is 4.79 Å². The monoisotopic (exact) mass is 389 g/mol. The molecule has 0 radical (unpaired) electrons. The lowest BCUT2D eigenvalue weighted by Crippen LogP contribution is -2.37. The summed E-state index contributed by atoms with van der Waals surface area (Å²) >= 11 is 6.09. The summed E-state index contributed by atoms with van der Waals surface area (Å²) in [5.74, 6) is 0.432. The first kappa shape index (κ1) is 21.0. The Morgan fingerprint density at radius 2 is 2.04 bits per heavy atom. The fourth-order valence-electron chi connectivity index (χ4n) is 2.44. The van der Waals surface area contributed by atoms with Gasteiger partial charge in [0.15, 0.2) is 0 Å². The number of hydrogen-bond acceptors (Lipinski definition) is 3. The van der Waals surface area contributed by atoms with Gasteiger partial charge in [0.25, 0.3) is 5.91 Å². The molecule has 0 spiro atoms. The molecule has 3 rings (SSSR count). The molecule has 7 heteroatoms. The van der Waals surface area contributed by atoms with Crippen LogP contribution in [0.5, 0.6) is 0 Å². The molecule has 1 heterocycles. The minimum atomic E-state index is -0.0707. The van der Waals surface area contributed by atoms with Gasteiger partial charge in [0.1, 0.15) is 0 Å². The zero-order valence-corrected chi connectivity index (χ0v) is 16.0. The summed E-state index contributed by atoms with van der Waals surface area (Å²) in [6.45, 7) is 2.61. The summed E-state index contributed by atoms with van der Waals surface area (Å²) in [6.07, 6.45) is 2.31. The Morgan fingerprint density at radius 1 is 1.33 bits per heavy atom. The van der Waals surface area contributed by atoms with Gasteiger partial charge in [0, 0.05) is 34.6 Å². The third-order valence-electron chi connectivity index (χ3n) is 4.09. The summed E-state index contributed by atoms with van der Waals surface area (Å²) < 4.78 is 0. The third-order valence-corrected chi connectivity index (χ3v) is 4.33. The van der Waals surface area contributed by atoms with Crippen molar-refractivity contribution in [3.8, 4) is 0 Å². The maximum atomic E-state index is 12.6. The number of pyridine rings is 1. The molecule has 1 atom stereocenters. The number of rotatable bonds is 5. The molecule has 0 saturated heterocycles. The van der Waals surface area contributed by atoms with Crippen molar-refractivity contribution in [1.29, 1.82) is 0 Å². The number of carbonyl (C=O) groups excluding carboxylic acids is 1. The Morgan fingerprint density at radius 3 is 2.67 bits per heavy atom. The van der Waals surface area contributed by atoms with E-state index >= 15 is 0 Å². The molecule has 0 bridgehead atoms. The smallest absolute Gasteiger partial charge is 0.252 e. The van der Waals surface area contributed by atoms with E-state index in [1.54, 1.807) is 0 Å². The Balaban J connectivity index is 0.00000144. The van der Waals surface area contributed by atoms with E-state index in [1.165, 1.54) is 0 Å². The molecular weight excluding hydrogens is 369 g/mol. The maximum absolute atomic E-state index is 12.6. The molecule has 2 N–H and O–H groups in total. The van der Waals surface area contributed by atoms with Crippen molar-refractivity contribution >= 4 is 53.2 Å². The molecule has 1 aromatic carbocycles. The average molecular weight is 391 g/mol. The zero-order chi connectivity index (χ0) is 15.7. The van der Waals surface area contributed by atoms with E-state index in [-0.39, 0.29) is 36.8 Å². The molecule has 4 nitrogen and oxygen atoms in total. The minimum absolute atomic E-state index is 0. The van der Waals surface area contributed by atoms with E-state index in [4.69, 9.17) is 11.6 Å². The second-order valence-electron chi connectivity index (χ2n) is 5.93. The van der Waals surface area contributed by atoms with Crippen LogP contribution in [0.1, 0.15) is 41.7 Å². The molecule has 1 fully saturated rings. The predicted molar refractivity (Wildman–Crippen MR) is 104 cm³/mol. The van der Waals surface area contributed by atoms with Crippen LogP contribution >= 0.6 is 36.4 Å². The van der Waals surface area contributed by atoms with Crippen molar-refractivity contribution in [2.45, 2.75) is 31.7 Å². The molecule has 1 unspecified atom stereocenters. The second-order valence-corrected chi connectivity index (χ2v) is 6.37. The number of aromatic nitrogens is 1. The highest BCUT2D eigenvalue weighted by atomic mass is 35.5. The van der Waals surface area contributed by atoms with Crippen LogP contribution in [0.3, 0.4) is 0 Å². The van der Waals surface area contributed by atoms with Crippen molar-refractivity contribution in [3.05, 3.63) is 40.5 Å². The lowest BCUT2D eigenvalue weighted by molar-refractivity contribution is 0.0952. The maximum Gasteiger partial charge on any atom is 0.252 e. The summed E-state index contributed by atoms with van der Waals surface area (Å²) in [6, 6.07) is 7.67. The Hall–Kier alpha value is -1.07. The molecule has 1 saturated carbocycles. The van der Waals surface area contributed by atoms with Gasteiger partial charge in [-0.15, -0.1) is 24.8 Å². The van der Waals surface area contributed by atoms with E-state index in [1.807, 2.05) is 38.2 Å². The van der Waals surface area contributed by atoms with Crippen LogP contribution in [0.25, 0.3) is 10.9 Å².